The Labute approximate surface area is 185 Å². The molecule has 1 aliphatic rings. The molecule has 4 rings (SSSR count). The number of nitrogens with zero attached hydrogens (tertiary/aromatic N) is 2. The first-order chi connectivity index (χ1) is 15.3. The van der Waals surface area contributed by atoms with E-state index in [0.717, 1.165) is 34.1 Å². The van der Waals surface area contributed by atoms with E-state index in [4.69, 9.17) is 0 Å². The van der Waals surface area contributed by atoms with Crippen LogP contribution in [0.1, 0.15) is 39.9 Å². The molecule has 0 radical (unpaired) electrons. The van der Waals surface area contributed by atoms with Gasteiger partial charge in [0.1, 0.15) is 5.92 Å². The molecule has 3 N–H and O–H groups in total. The van der Waals surface area contributed by atoms with Crippen molar-refractivity contribution in [3.63, 3.8) is 0 Å². The lowest BCUT2D eigenvalue weighted by atomic mass is 9.96. The number of rotatable bonds is 4. The minimum atomic E-state index is -0.638. The number of fused-ring (bicyclic) bond motifs is 1. The molecule has 0 aromatic heterocycles. The molecule has 0 saturated heterocycles. The summed E-state index contributed by atoms with van der Waals surface area (Å²) in [6, 6.07) is 17.3. The molecular weight excluding hydrogens is 406 g/mol. The molecule has 1 unspecified atom stereocenters. The van der Waals surface area contributed by atoms with E-state index < -0.39 is 17.6 Å². The normalized spacial score (nSPS) is 15.6. The molecule has 7 heteroatoms. The average Bonchev–Trinajstić information content (AvgIpc) is 3.04. The standard InChI is InChI=1S/C25H23N3O4/c1-14-10-15(2)12-18(11-14)28-20-7-5-4-6-19(20)23(25(28)32)16(3)26-27-24(31)17-8-9-21(29)22(30)13-17/h4-13,23,29-30H,1-3H3,(H,27,31). The van der Waals surface area contributed by atoms with Crippen molar-refractivity contribution < 1.29 is 19.8 Å². The topological polar surface area (TPSA) is 102 Å². The number of hydrogen-bond acceptors (Lipinski definition) is 5. The van der Waals surface area contributed by atoms with Crippen molar-refractivity contribution in [2.45, 2.75) is 26.7 Å². The second kappa shape index (κ2) is 8.19. The van der Waals surface area contributed by atoms with Crippen molar-refractivity contribution >= 4 is 28.9 Å². The molecule has 0 fully saturated rings. The van der Waals surface area contributed by atoms with E-state index in [0.29, 0.717) is 5.71 Å². The van der Waals surface area contributed by atoms with Gasteiger partial charge in [0.25, 0.3) is 5.91 Å². The van der Waals surface area contributed by atoms with Crippen molar-refractivity contribution in [2.24, 2.45) is 5.10 Å². The zero-order chi connectivity index (χ0) is 23.0. The van der Waals surface area contributed by atoms with Gasteiger partial charge in [0.05, 0.1) is 11.4 Å². The highest BCUT2D eigenvalue weighted by Crippen LogP contribution is 2.42. The smallest absolute Gasteiger partial charge is 0.271 e. The first-order valence-electron chi connectivity index (χ1n) is 10.1. The number of phenolic OH excluding ortho intramolecular Hbond substituents is 2. The van der Waals surface area contributed by atoms with Gasteiger partial charge in [-0.1, -0.05) is 24.3 Å². The summed E-state index contributed by atoms with van der Waals surface area (Å²) in [5, 5.41) is 23.2. The summed E-state index contributed by atoms with van der Waals surface area (Å²) in [7, 11) is 0. The monoisotopic (exact) mass is 429 g/mol. The van der Waals surface area contributed by atoms with E-state index >= 15 is 0 Å². The van der Waals surface area contributed by atoms with Crippen molar-refractivity contribution in [3.8, 4) is 11.5 Å². The lowest BCUT2D eigenvalue weighted by molar-refractivity contribution is -0.117. The zero-order valence-corrected chi connectivity index (χ0v) is 18.0. The molecule has 32 heavy (non-hydrogen) atoms. The van der Waals surface area contributed by atoms with E-state index in [1.165, 1.54) is 12.1 Å². The third-order valence-electron chi connectivity index (χ3n) is 5.41. The van der Waals surface area contributed by atoms with Crippen LogP contribution in [-0.2, 0) is 4.79 Å². The fourth-order valence-corrected chi connectivity index (χ4v) is 4.00. The minimum Gasteiger partial charge on any atom is -0.504 e. The maximum absolute atomic E-state index is 13.5. The van der Waals surface area contributed by atoms with Gasteiger partial charge in [0.15, 0.2) is 11.5 Å². The van der Waals surface area contributed by atoms with Gasteiger partial charge in [-0.2, -0.15) is 5.10 Å². The summed E-state index contributed by atoms with van der Waals surface area (Å²) in [5.74, 6) is -2.07. The average molecular weight is 429 g/mol. The van der Waals surface area contributed by atoms with E-state index in [1.54, 1.807) is 11.8 Å². The molecular formula is C25H23N3O4. The predicted molar refractivity (Wildman–Crippen MR) is 123 cm³/mol. The van der Waals surface area contributed by atoms with Crippen LogP contribution in [0.2, 0.25) is 0 Å². The van der Waals surface area contributed by atoms with Crippen LogP contribution >= 0.6 is 0 Å². The van der Waals surface area contributed by atoms with Crippen LogP contribution in [-0.4, -0.2) is 27.7 Å². The number of hydrazone groups is 1. The van der Waals surface area contributed by atoms with Crippen LogP contribution in [0, 0.1) is 13.8 Å². The number of para-hydroxylation sites is 1. The van der Waals surface area contributed by atoms with Crippen molar-refractivity contribution in [1.29, 1.82) is 0 Å². The van der Waals surface area contributed by atoms with Gasteiger partial charge in [0, 0.05) is 11.3 Å². The lowest BCUT2D eigenvalue weighted by Gasteiger charge is -2.19. The molecule has 2 amide bonds. The number of carbonyl (C=O) groups is 2. The number of hydrogen-bond donors (Lipinski definition) is 3. The first kappa shape index (κ1) is 21.1. The second-order valence-electron chi connectivity index (χ2n) is 7.91. The Morgan fingerprint density at radius 3 is 2.34 bits per heavy atom. The van der Waals surface area contributed by atoms with Crippen LogP contribution in [0.15, 0.2) is 65.8 Å². The van der Waals surface area contributed by atoms with Crippen LogP contribution < -0.4 is 10.3 Å². The SMILES string of the molecule is CC(=NNC(=O)c1ccc(O)c(O)c1)C1C(=O)N(c2cc(C)cc(C)c2)c2ccccc21. The quantitative estimate of drug-likeness (QED) is 0.327. The largest absolute Gasteiger partial charge is 0.504 e. The molecule has 0 spiro atoms. The number of nitrogens with one attached hydrogen (secondary N) is 1. The van der Waals surface area contributed by atoms with Crippen molar-refractivity contribution in [1.82, 2.24) is 5.43 Å². The summed E-state index contributed by atoms with van der Waals surface area (Å²) in [6.07, 6.45) is 0. The molecule has 1 heterocycles. The van der Waals surface area contributed by atoms with Gasteiger partial charge in [-0.05, 0) is 73.9 Å². The Morgan fingerprint density at radius 2 is 1.66 bits per heavy atom. The molecule has 3 aromatic carbocycles. The number of benzene rings is 3. The highest BCUT2D eigenvalue weighted by atomic mass is 16.3. The van der Waals surface area contributed by atoms with Crippen LogP contribution in [0.25, 0.3) is 0 Å². The van der Waals surface area contributed by atoms with Crippen molar-refractivity contribution in [2.75, 3.05) is 4.90 Å². The molecule has 162 valence electrons. The van der Waals surface area contributed by atoms with Gasteiger partial charge in [0.2, 0.25) is 5.91 Å². The fourth-order valence-electron chi connectivity index (χ4n) is 4.00. The predicted octanol–water partition coefficient (Wildman–Crippen LogP) is 4.28. The van der Waals surface area contributed by atoms with E-state index in [2.05, 4.69) is 16.6 Å². The fraction of sp³-hybridized carbons (Fsp3) is 0.160. The minimum absolute atomic E-state index is 0.131. The number of carbonyl (C=O) groups excluding carboxylic acids is 2. The highest BCUT2D eigenvalue weighted by Gasteiger charge is 2.39. The zero-order valence-electron chi connectivity index (χ0n) is 18.0. The van der Waals surface area contributed by atoms with Gasteiger partial charge in [-0.25, -0.2) is 5.43 Å². The number of aromatic hydroxyl groups is 2. The van der Waals surface area contributed by atoms with Gasteiger partial charge in [-0.15, -0.1) is 0 Å². The van der Waals surface area contributed by atoms with Gasteiger partial charge < -0.3 is 10.2 Å². The van der Waals surface area contributed by atoms with Crippen LogP contribution in [0.4, 0.5) is 11.4 Å². The summed E-state index contributed by atoms with van der Waals surface area (Å²) in [4.78, 5) is 27.6. The molecule has 0 bridgehead atoms. The number of amides is 2. The molecule has 1 aliphatic heterocycles. The highest BCUT2D eigenvalue weighted by molar-refractivity contribution is 6.21. The van der Waals surface area contributed by atoms with Crippen LogP contribution in [0.5, 0.6) is 11.5 Å². The molecule has 0 aliphatic carbocycles. The van der Waals surface area contributed by atoms with E-state index in [1.807, 2.05) is 50.2 Å². The molecule has 7 nitrogen and oxygen atoms in total. The van der Waals surface area contributed by atoms with Crippen LogP contribution in [0.3, 0.4) is 0 Å². The van der Waals surface area contributed by atoms with E-state index in [-0.39, 0.29) is 17.2 Å². The maximum Gasteiger partial charge on any atom is 0.271 e. The first-order valence-corrected chi connectivity index (χ1v) is 10.1. The Balaban J connectivity index is 1.65. The summed E-state index contributed by atoms with van der Waals surface area (Å²) in [6.45, 7) is 5.67. The molecule has 0 saturated carbocycles. The van der Waals surface area contributed by atoms with E-state index in [9.17, 15) is 19.8 Å². The Hall–Kier alpha value is -4.13. The number of phenols is 2. The Kier molecular flexibility index (Phi) is 5.40. The molecule has 3 aromatic rings. The van der Waals surface area contributed by atoms with Crippen molar-refractivity contribution in [3.05, 3.63) is 82.9 Å². The third kappa shape index (κ3) is 3.80. The third-order valence-corrected chi connectivity index (χ3v) is 5.41. The number of anilines is 2. The number of aryl methyl sites for hydroxylation is 2. The van der Waals surface area contributed by atoms with Gasteiger partial charge >= 0.3 is 0 Å². The lowest BCUT2D eigenvalue weighted by Crippen LogP contribution is -2.29. The second-order valence-corrected chi connectivity index (χ2v) is 7.91. The Bertz CT molecular complexity index is 1250. The summed E-state index contributed by atoms with van der Waals surface area (Å²) in [5.41, 5.74) is 7.51. The maximum atomic E-state index is 13.5. The summed E-state index contributed by atoms with van der Waals surface area (Å²) < 4.78 is 0. The Morgan fingerprint density at radius 1 is 0.969 bits per heavy atom. The molecule has 1 atom stereocenters. The summed E-state index contributed by atoms with van der Waals surface area (Å²) >= 11 is 0. The van der Waals surface area contributed by atoms with Gasteiger partial charge in [-0.3, -0.25) is 14.5 Å².